The minimum Gasteiger partial charge on any atom is -0.493 e. The van der Waals surface area contributed by atoms with Gasteiger partial charge >= 0.3 is 0 Å². The Morgan fingerprint density at radius 1 is 1.22 bits per heavy atom. The van der Waals surface area contributed by atoms with Crippen LogP contribution >= 0.6 is 0 Å². The molecule has 1 aromatic carbocycles. The van der Waals surface area contributed by atoms with Gasteiger partial charge in [0.05, 0.1) is 13.7 Å². The van der Waals surface area contributed by atoms with Crippen LogP contribution in [-0.4, -0.2) is 57.8 Å². The second-order valence-electron chi connectivity index (χ2n) is 7.19. The van der Waals surface area contributed by atoms with Crippen LogP contribution in [0.5, 0.6) is 11.5 Å². The van der Waals surface area contributed by atoms with Gasteiger partial charge < -0.3 is 14.4 Å². The van der Waals surface area contributed by atoms with Crippen molar-refractivity contribution in [3.8, 4) is 22.9 Å². The number of aromatic nitrogens is 4. The number of rotatable bonds is 6. The molecule has 2 unspecified atom stereocenters. The molecule has 1 aliphatic rings. The average molecular weight is 373 g/mol. The van der Waals surface area contributed by atoms with E-state index in [0.29, 0.717) is 35.8 Å². The highest BCUT2D eigenvalue weighted by molar-refractivity contribution is 5.76. The quantitative estimate of drug-likeness (QED) is 0.772. The summed E-state index contributed by atoms with van der Waals surface area (Å²) in [5, 5.41) is 12.5. The summed E-state index contributed by atoms with van der Waals surface area (Å²) in [6, 6.07) is 5.47. The van der Waals surface area contributed by atoms with E-state index in [4.69, 9.17) is 9.47 Å². The van der Waals surface area contributed by atoms with E-state index < -0.39 is 0 Å². The SMILES string of the molecule is CCOc1cc(-c2nnn(CC(=O)N3CC(C)CC(C)C3)n2)ccc1OC. The van der Waals surface area contributed by atoms with Crippen molar-refractivity contribution in [2.45, 2.75) is 33.7 Å². The standard InChI is InChI=1S/C19H27N5O3/c1-5-27-17-9-15(6-7-16(17)26-4)19-20-22-24(21-19)12-18(25)23-10-13(2)8-14(3)11-23/h6-7,9,13-14H,5,8,10-12H2,1-4H3. The van der Waals surface area contributed by atoms with Gasteiger partial charge in [-0.3, -0.25) is 4.79 Å². The molecule has 0 radical (unpaired) electrons. The van der Waals surface area contributed by atoms with E-state index in [9.17, 15) is 4.79 Å². The van der Waals surface area contributed by atoms with Gasteiger partial charge in [0.25, 0.3) is 0 Å². The summed E-state index contributed by atoms with van der Waals surface area (Å²) in [6.45, 7) is 8.49. The molecule has 8 heteroatoms. The molecule has 0 N–H and O–H groups in total. The molecular formula is C19H27N5O3. The largest absolute Gasteiger partial charge is 0.493 e. The summed E-state index contributed by atoms with van der Waals surface area (Å²) in [7, 11) is 1.60. The van der Waals surface area contributed by atoms with Crippen molar-refractivity contribution in [3.63, 3.8) is 0 Å². The topological polar surface area (TPSA) is 82.4 Å². The average Bonchev–Trinajstić information content (AvgIpc) is 3.09. The lowest BCUT2D eigenvalue weighted by Crippen LogP contribution is -2.44. The molecule has 1 saturated heterocycles. The predicted molar refractivity (Wildman–Crippen MR) is 100 cm³/mol. The van der Waals surface area contributed by atoms with Crippen LogP contribution in [0.25, 0.3) is 11.4 Å². The number of amides is 1. The Labute approximate surface area is 159 Å². The molecule has 146 valence electrons. The van der Waals surface area contributed by atoms with Crippen LogP contribution in [0.3, 0.4) is 0 Å². The molecule has 0 spiro atoms. The van der Waals surface area contributed by atoms with Gasteiger partial charge in [0, 0.05) is 18.7 Å². The van der Waals surface area contributed by atoms with Crippen LogP contribution in [0.2, 0.25) is 0 Å². The van der Waals surface area contributed by atoms with Gasteiger partial charge in [-0.25, -0.2) is 0 Å². The van der Waals surface area contributed by atoms with Crippen molar-refractivity contribution in [2.75, 3.05) is 26.8 Å². The molecule has 1 amide bonds. The normalized spacial score (nSPS) is 19.8. The van der Waals surface area contributed by atoms with Crippen LogP contribution in [0.1, 0.15) is 27.2 Å². The number of hydrogen-bond acceptors (Lipinski definition) is 6. The number of methoxy groups -OCH3 is 1. The Hall–Kier alpha value is -2.64. The van der Waals surface area contributed by atoms with E-state index in [1.807, 2.05) is 30.0 Å². The minimum atomic E-state index is 0.0297. The van der Waals surface area contributed by atoms with E-state index in [1.54, 1.807) is 7.11 Å². The van der Waals surface area contributed by atoms with Crippen LogP contribution in [-0.2, 0) is 11.3 Å². The van der Waals surface area contributed by atoms with Crippen LogP contribution in [0, 0.1) is 11.8 Å². The van der Waals surface area contributed by atoms with Crippen molar-refractivity contribution in [3.05, 3.63) is 18.2 Å². The first-order valence-electron chi connectivity index (χ1n) is 9.37. The summed E-state index contributed by atoms with van der Waals surface area (Å²) >= 11 is 0. The molecular weight excluding hydrogens is 346 g/mol. The van der Waals surface area contributed by atoms with Crippen molar-refractivity contribution < 1.29 is 14.3 Å². The smallest absolute Gasteiger partial charge is 0.246 e. The monoisotopic (exact) mass is 373 g/mol. The summed E-state index contributed by atoms with van der Waals surface area (Å²) in [5.41, 5.74) is 0.762. The molecule has 0 bridgehead atoms. The zero-order valence-electron chi connectivity index (χ0n) is 16.4. The number of benzene rings is 1. The second kappa shape index (κ2) is 8.37. The molecule has 1 fully saturated rings. The molecule has 8 nitrogen and oxygen atoms in total. The Morgan fingerprint density at radius 3 is 2.63 bits per heavy atom. The Bertz CT molecular complexity index is 781. The minimum absolute atomic E-state index is 0.0297. The molecule has 2 heterocycles. The predicted octanol–water partition coefficient (Wildman–Crippen LogP) is 2.25. The van der Waals surface area contributed by atoms with Crippen molar-refractivity contribution in [1.29, 1.82) is 0 Å². The number of nitrogens with zero attached hydrogens (tertiary/aromatic N) is 5. The van der Waals surface area contributed by atoms with Crippen LogP contribution in [0.4, 0.5) is 0 Å². The number of carbonyl (C=O) groups is 1. The second-order valence-corrected chi connectivity index (χ2v) is 7.19. The Kier molecular flexibility index (Phi) is 5.93. The van der Waals surface area contributed by atoms with E-state index in [0.717, 1.165) is 25.1 Å². The van der Waals surface area contributed by atoms with Crippen LogP contribution in [0.15, 0.2) is 18.2 Å². The summed E-state index contributed by atoms with van der Waals surface area (Å²) in [6.07, 6.45) is 1.16. The summed E-state index contributed by atoms with van der Waals surface area (Å²) < 4.78 is 10.9. The number of carbonyl (C=O) groups excluding carboxylic acids is 1. The van der Waals surface area contributed by atoms with Crippen LogP contribution < -0.4 is 9.47 Å². The maximum atomic E-state index is 12.6. The van der Waals surface area contributed by atoms with E-state index in [2.05, 4.69) is 29.3 Å². The lowest BCUT2D eigenvalue weighted by atomic mass is 9.92. The Balaban J connectivity index is 1.71. The highest BCUT2D eigenvalue weighted by atomic mass is 16.5. The Morgan fingerprint density at radius 2 is 1.96 bits per heavy atom. The zero-order valence-corrected chi connectivity index (χ0v) is 16.4. The molecule has 0 aliphatic carbocycles. The van der Waals surface area contributed by atoms with E-state index >= 15 is 0 Å². The number of tetrazole rings is 1. The molecule has 1 aliphatic heterocycles. The van der Waals surface area contributed by atoms with E-state index in [-0.39, 0.29) is 12.5 Å². The highest BCUT2D eigenvalue weighted by Crippen LogP contribution is 2.31. The zero-order chi connectivity index (χ0) is 19.4. The lowest BCUT2D eigenvalue weighted by molar-refractivity contribution is -0.135. The maximum Gasteiger partial charge on any atom is 0.246 e. The fourth-order valence-corrected chi connectivity index (χ4v) is 3.60. The maximum absolute atomic E-state index is 12.6. The number of piperidine rings is 1. The fourth-order valence-electron chi connectivity index (χ4n) is 3.60. The lowest BCUT2D eigenvalue weighted by Gasteiger charge is -2.34. The van der Waals surface area contributed by atoms with Crippen molar-refractivity contribution >= 4 is 5.91 Å². The molecule has 0 saturated carbocycles. The van der Waals surface area contributed by atoms with E-state index in [1.165, 1.54) is 4.80 Å². The van der Waals surface area contributed by atoms with Crippen molar-refractivity contribution in [1.82, 2.24) is 25.1 Å². The third kappa shape index (κ3) is 4.56. The summed E-state index contributed by atoms with van der Waals surface area (Å²) in [4.78, 5) is 15.8. The molecule has 27 heavy (non-hydrogen) atoms. The van der Waals surface area contributed by atoms with Gasteiger partial charge in [0.2, 0.25) is 11.7 Å². The van der Waals surface area contributed by atoms with Crippen molar-refractivity contribution in [2.24, 2.45) is 11.8 Å². The van der Waals surface area contributed by atoms with Gasteiger partial charge in [0.1, 0.15) is 6.54 Å². The number of hydrogen-bond donors (Lipinski definition) is 0. The third-order valence-corrected chi connectivity index (χ3v) is 4.67. The number of ether oxygens (including phenoxy) is 2. The van der Waals surface area contributed by atoms with Gasteiger partial charge in [-0.2, -0.15) is 4.80 Å². The summed E-state index contributed by atoms with van der Waals surface area (Å²) in [5.74, 6) is 2.80. The van der Waals surface area contributed by atoms with Gasteiger partial charge in [0.15, 0.2) is 11.5 Å². The van der Waals surface area contributed by atoms with Gasteiger partial charge in [-0.05, 0) is 48.6 Å². The molecule has 2 aromatic rings. The molecule has 2 atom stereocenters. The fraction of sp³-hybridized carbons (Fsp3) is 0.579. The van der Waals surface area contributed by atoms with Gasteiger partial charge in [-0.15, -0.1) is 10.2 Å². The number of likely N-dealkylation sites (tertiary alicyclic amines) is 1. The first-order chi connectivity index (χ1) is 13.0. The molecule has 1 aromatic heterocycles. The van der Waals surface area contributed by atoms with Gasteiger partial charge in [-0.1, -0.05) is 13.8 Å². The first-order valence-corrected chi connectivity index (χ1v) is 9.37. The first kappa shape index (κ1) is 19.1. The highest BCUT2D eigenvalue weighted by Gasteiger charge is 2.26. The third-order valence-electron chi connectivity index (χ3n) is 4.67. The molecule has 3 rings (SSSR count).